The third-order valence-corrected chi connectivity index (χ3v) is 1.45. The minimum Gasteiger partial charge on any atom is -0.464 e. The summed E-state index contributed by atoms with van der Waals surface area (Å²) in [4.78, 5) is 33.9. The average molecular weight is 216 g/mol. The highest BCUT2D eigenvalue weighted by molar-refractivity contribution is 5.90. The molecule has 0 aliphatic heterocycles. The summed E-state index contributed by atoms with van der Waals surface area (Å²) in [5, 5.41) is 19.7. The number of rotatable bonds is 3. The third-order valence-electron chi connectivity index (χ3n) is 1.45. The molecular weight excluding hydrogens is 212 g/mol. The fraction of sp³-hybridized carbons (Fsp3) is 0.200. The van der Waals surface area contributed by atoms with Gasteiger partial charge in [0.15, 0.2) is 0 Å². The molecule has 1 rings (SSSR count). The summed E-state index contributed by atoms with van der Waals surface area (Å²) in [6.07, 6.45) is 0.560. The van der Waals surface area contributed by atoms with Crippen molar-refractivity contribution in [3.63, 3.8) is 0 Å². The number of hydrogen-bond acceptors (Lipinski definition) is 7. The summed E-state index contributed by atoms with van der Waals surface area (Å²) in [7, 11) is 0.983. The van der Waals surface area contributed by atoms with E-state index in [9.17, 15) is 25.0 Å². The zero-order valence-corrected chi connectivity index (χ0v) is 7.32. The first-order valence-electron chi connectivity index (χ1n) is 3.43. The minimum atomic E-state index is -1.11. The standard InChI is InChI=1S/C5H4N4O6/c1-15-5(10)3-4(8(11)12)7(2-6-3)9(13)14/h2H,1H3. The number of esters is 1. The predicted molar refractivity (Wildman–Crippen MR) is 42.6 cm³/mol. The zero-order valence-electron chi connectivity index (χ0n) is 7.32. The molecule has 1 aromatic rings. The topological polar surface area (TPSA) is 130 Å². The minimum absolute atomic E-state index is 0.0340. The Morgan fingerprint density at radius 1 is 1.53 bits per heavy atom. The maximum absolute atomic E-state index is 10.9. The smallest absolute Gasteiger partial charge is 0.424 e. The lowest BCUT2D eigenvalue weighted by atomic mass is 10.4. The van der Waals surface area contributed by atoms with E-state index in [0.29, 0.717) is 6.33 Å². The van der Waals surface area contributed by atoms with Crippen molar-refractivity contribution in [2.75, 3.05) is 7.11 Å². The van der Waals surface area contributed by atoms with E-state index >= 15 is 0 Å². The van der Waals surface area contributed by atoms with Crippen molar-refractivity contribution in [1.82, 2.24) is 9.66 Å². The van der Waals surface area contributed by atoms with E-state index in [-0.39, 0.29) is 4.68 Å². The Kier molecular flexibility index (Phi) is 2.60. The normalized spacial score (nSPS) is 9.67. The molecule has 1 aromatic heterocycles. The second kappa shape index (κ2) is 3.69. The van der Waals surface area contributed by atoms with Crippen LogP contribution in [0.15, 0.2) is 6.33 Å². The molecule has 0 aliphatic carbocycles. The summed E-state index contributed by atoms with van der Waals surface area (Å²) in [6, 6.07) is 0. The predicted octanol–water partition coefficient (Wildman–Crippen LogP) is -0.382. The van der Waals surface area contributed by atoms with Crippen LogP contribution in [0.2, 0.25) is 0 Å². The van der Waals surface area contributed by atoms with E-state index in [4.69, 9.17) is 0 Å². The third kappa shape index (κ3) is 1.72. The molecular formula is C5H4N4O6. The molecule has 15 heavy (non-hydrogen) atoms. The molecule has 1 heterocycles. The Hall–Kier alpha value is -2.52. The number of carbonyl (C=O) groups is 1. The highest BCUT2D eigenvalue weighted by Crippen LogP contribution is 2.17. The summed E-state index contributed by atoms with van der Waals surface area (Å²) >= 11 is 0. The van der Waals surface area contributed by atoms with Crippen LogP contribution in [-0.2, 0) is 4.74 Å². The second-order valence-corrected chi connectivity index (χ2v) is 2.25. The molecule has 0 amide bonds. The lowest BCUT2D eigenvalue weighted by molar-refractivity contribution is -0.560. The van der Waals surface area contributed by atoms with Gasteiger partial charge >= 0.3 is 11.8 Å². The molecule has 0 saturated carbocycles. The number of carbonyl (C=O) groups excluding carboxylic acids is 1. The van der Waals surface area contributed by atoms with Gasteiger partial charge < -0.3 is 14.9 Å². The van der Waals surface area contributed by atoms with Crippen molar-refractivity contribution < 1.29 is 19.5 Å². The lowest BCUT2D eigenvalue weighted by Gasteiger charge is -1.94. The van der Waals surface area contributed by atoms with Crippen LogP contribution in [0.25, 0.3) is 0 Å². The SMILES string of the molecule is COC(=O)c1ncn([N+](=O)[O-])c1[N+](=O)[O-]. The van der Waals surface area contributed by atoms with Crippen LogP contribution in [0, 0.1) is 20.2 Å². The van der Waals surface area contributed by atoms with Crippen LogP contribution < -0.4 is 0 Å². The Labute approximate surface area is 81.4 Å². The molecule has 0 saturated heterocycles. The number of methoxy groups -OCH3 is 1. The second-order valence-electron chi connectivity index (χ2n) is 2.25. The van der Waals surface area contributed by atoms with E-state index in [1.54, 1.807) is 0 Å². The Morgan fingerprint density at radius 3 is 2.53 bits per heavy atom. The van der Waals surface area contributed by atoms with Gasteiger partial charge in [0.2, 0.25) is 0 Å². The number of imidazole rings is 1. The Balaban J connectivity index is 3.36. The van der Waals surface area contributed by atoms with Gasteiger partial charge in [-0.1, -0.05) is 0 Å². The van der Waals surface area contributed by atoms with Crippen LogP contribution in [0.3, 0.4) is 0 Å². The van der Waals surface area contributed by atoms with Crippen LogP contribution in [0.1, 0.15) is 10.5 Å². The van der Waals surface area contributed by atoms with Crippen LogP contribution >= 0.6 is 0 Å². The van der Waals surface area contributed by atoms with Gasteiger partial charge in [0.05, 0.1) is 11.8 Å². The first-order chi connectivity index (χ1) is 6.99. The van der Waals surface area contributed by atoms with Crippen LogP contribution in [-0.4, -0.2) is 32.7 Å². The zero-order chi connectivity index (χ0) is 11.6. The highest BCUT2D eigenvalue weighted by Gasteiger charge is 2.34. The van der Waals surface area contributed by atoms with Gasteiger partial charge in [-0.2, -0.15) is 4.98 Å². The quantitative estimate of drug-likeness (QED) is 0.382. The van der Waals surface area contributed by atoms with Gasteiger partial charge in [-0.15, -0.1) is 0 Å². The van der Waals surface area contributed by atoms with Crippen molar-refractivity contribution in [3.8, 4) is 0 Å². The van der Waals surface area contributed by atoms with Crippen molar-refractivity contribution in [3.05, 3.63) is 32.2 Å². The number of nitrogens with zero attached hydrogens (tertiary/aromatic N) is 4. The average Bonchev–Trinajstić information content (AvgIpc) is 2.60. The number of ether oxygens (including phenoxy) is 1. The summed E-state index contributed by atoms with van der Waals surface area (Å²) in [5.41, 5.74) is -0.709. The van der Waals surface area contributed by atoms with Gasteiger partial charge in [0, 0.05) is 0 Å². The molecule has 0 atom stereocenters. The fourth-order valence-corrected chi connectivity index (χ4v) is 0.864. The monoisotopic (exact) mass is 216 g/mol. The highest BCUT2D eigenvalue weighted by atomic mass is 16.7. The van der Waals surface area contributed by atoms with Gasteiger partial charge in [0.25, 0.3) is 17.1 Å². The van der Waals surface area contributed by atoms with E-state index in [1.165, 1.54) is 0 Å². The Bertz CT molecular complexity index is 437. The molecule has 0 unspecified atom stereocenters. The maximum atomic E-state index is 10.9. The van der Waals surface area contributed by atoms with E-state index in [0.717, 1.165) is 7.11 Å². The summed E-state index contributed by atoms with van der Waals surface area (Å²) in [5.74, 6) is -2.14. The number of hydrogen-bond donors (Lipinski definition) is 0. The molecule has 0 fully saturated rings. The van der Waals surface area contributed by atoms with Crippen molar-refractivity contribution >= 4 is 11.8 Å². The number of aromatic nitrogens is 2. The summed E-state index contributed by atoms with van der Waals surface area (Å²) < 4.78 is 4.21. The van der Waals surface area contributed by atoms with Crippen LogP contribution in [0.5, 0.6) is 0 Å². The molecule has 0 spiro atoms. The van der Waals surface area contributed by atoms with Crippen LogP contribution in [0.4, 0.5) is 5.82 Å². The summed E-state index contributed by atoms with van der Waals surface area (Å²) in [6.45, 7) is 0. The molecule has 10 heteroatoms. The van der Waals surface area contributed by atoms with E-state index in [2.05, 4.69) is 9.72 Å². The molecule has 0 aliphatic rings. The van der Waals surface area contributed by atoms with Gasteiger partial charge in [-0.3, -0.25) is 0 Å². The molecule has 80 valence electrons. The maximum Gasteiger partial charge on any atom is 0.424 e. The Morgan fingerprint density at radius 2 is 2.13 bits per heavy atom. The molecule has 10 nitrogen and oxygen atoms in total. The van der Waals surface area contributed by atoms with Crippen molar-refractivity contribution in [2.45, 2.75) is 0 Å². The number of nitro groups is 2. The molecule has 0 aromatic carbocycles. The lowest BCUT2D eigenvalue weighted by Crippen LogP contribution is -2.13. The van der Waals surface area contributed by atoms with Crippen molar-refractivity contribution in [1.29, 1.82) is 0 Å². The fourth-order valence-electron chi connectivity index (χ4n) is 0.864. The first-order valence-corrected chi connectivity index (χ1v) is 3.43. The molecule has 0 radical (unpaired) electrons. The van der Waals surface area contributed by atoms with E-state index in [1.807, 2.05) is 0 Å². The molecule has 0 N–H and O–H groups in total. The largest absolute Gasteiger partial charge is 0.464 e. The van der Waals surface area contributed by atoms with Crippen molar-refractivity contribution in [2.24, 2.45) is 0 Å². The molecule has 0 bridgehead atoms. The van der Waals surface area contributed by atoms with Gasteiger partial charge in [-0.05, 0) is 4.92 Å². The van der Waals surface area contributed by atoms with E-state index < -0.39 is 27.4 Å². The van der Waals surface area contributed by atoms with Gasteiger partial charge in [-0.25, -0.2) is 14.9 Å². The van der Waals surface area contributed by atoms with Gasteiger partial charge in [0.1, 0.15) is 0 Å². The first kappa shape index (κ1) is 10.6.